The summed E-state index contributed by atoms with van der Waals surface area (Å²) < 4.78 is 2.31. The maximum absolute atomic E-state index is 4.36. The highest BCUT2D eigenvalue weighted by atomic mass is 15.3. The van der Waals surface area contributed by atoms with Crippen LogP contribution in [-0.2, 0) is 19.4 Å². The number of aliphatic imine (C=N–C) groups is 1. The lowest BCUT2D eigenvalue weighted by Gasteiger charge is -2.12. The van der Waals surface area contributed by atoms with Crippen LogP contribution in [0.15, 0.2) is 4.99 Å². The topological polar surface area (TPSA) is 67.1 Å². The van der Waals surface area contributed by atoms with Crippen molar-refractivity contribution in [2.24, 2.45) is 10.9 Å². The third kappa shape index (κ3) is 3.95. The number of aryl methyl sites for hydroxylation is 1. The molecule has 3 rings (SSSR count). The highest BCUT2D eigenvalue weighted by Gasteiger charge is 2.21. The van der Waals surface area contributed by atoms with Crippen LogP contribution in [0.4, 0.5) is 0 Å². The number of guanidine groups is 1. The Bertz CT molecular complexity index is 488. The third-order valence-corrected chi connectivity index (χ3v) is 4.31. The molecule has 1 fully saturated rings. The molecule has 0 saturated heterocycles. The lowest BCUT2D eigenvalue weighted by atomic mass is 10.2. The van der Waals surface area contributed by atoms with Gasteiger partial charge in [-0.3, -0.25) is 4.99 Å². The minimum Gasteiger partial charge on any atom is -0.356 e. The molecule has 1 aromatic rings. The van der Waals surface area contributed by atoms with Crippen LogP contribution in [0.1, 0.15) is 43.8 Å². The fraction of sp³-hybridized carbons (Fsp3) is 0.800. The summed E-state index contributed by atoms with van der Waals surface area (Å²) in [6, 6.07) is 0. The molecule has 0 unspecified atom stereocenters. The Morgan fingerprint density at radius 2 is 2.14 bits per heavy atom. The van der Waals surface area contributed by atoms with Crippen LogP contribution in [0.3, 0.4) is 0 Å². The van der Waals surface area contributed by atoms with Crippen molar-refractivity contribution < 1.29 is 0 Å². The highest BCUT2D eigenvalue weighted by Crippen LogP contribution is 2.27. The first-order valence-electron chi connectivity index (χ1n) is 8.22. The second-order valence-electron chi connectivity index (χ2n) is 6.07. The monoisotopic (exact) mass is 290 g/mol. The van der Waals surface area contributed by atoms with Crippen LogP contribution in [0.5, 0.6) is 0 Å². The van der Waals surface area contributed by atoms with E-state index in [1.807, 2.05) is 7.05 Å². The number of rotatable bonds is 5. The summed E-state index contributed by atoms with van der Waals surface area (Å²) in [6.07, 6.45) is 8.48. The molecule has 0 bridgehead atoms. The minimum absolute atomic E-state index is 0.850. The van der Waals surface area contributed by atoms with Crippen LogP contribution in [0.25, 0.3) is 0 Å². The summed E-state index contributed by atoms with van der Waals surface area (Å²) in [5.74, 6) is 4.03. The second kappa shape index (κ2) is 6.91. The quantitative estimate of drug-likeness (QED) is 0.630. The summed E-state index contributed by atoms with van der Waals surface area (Å²) in [5, 5.41) is 15.5. The molecule has 2 aliphatic rings. The predicted octanol–water partition coefficient (Wildman–Crippen LogP) is 1.12. The summed E-state index contributed by atoms with van der Waals surface area (Å²) in [6.45, 7) is 2.97. The van der Waals surface area contributed by atoms with Gasteiger partial charge in [-0.05, 0) is 31.6 Å². The van der Waals surface area contributed by atoms with E-state index in [2.05, 4.69) is 30.4 Å². The van der Waals surface area contributed by atoms with Gasteiger partial charge in [0.15, 0.2) is 5.96 Å². The van der Waals surface area contributed by atoms with Crippen molar-refractivity contribution in [1.29, 1.82) is 0 Å². The minimum atomic E-state index is 0.850. The Labute approximate surface area is 126 Å². The van der Waals surface area contributed by atoms with E-state index in [1.54, 1.807) is 0 Å². The molecule has 1 aliphatic heterocycles. The Morgan fingerprint density at radius 3 is 2.95 bits per heavy atom. The second-order valence-corrected chi connectivity index (χ2v) is 6.07. The van der Waals surface area contributed by atoms with Gasteiger partial charge in [0.2, 0.25) is 0 Å². The summed E-state index contributed by atoms with van der Waals surface area (Å²) in [7, 11) is 1.82. The fourth-order valence-electron chi connectivity index (χ4n) is 2.81. The van der Waals surface area contributed by atoms with E-state index in [0.717, 1.165) is 50.2 Å². The van der Waals surface area contributed by atoms with Gasteiger partial charge in [-0.1, -0.05) is 6.42 Å². The van der Waals surface area contributed by atoms with Crippen molar-refractivity contribution in [2.45, 2.75) is 51.5 Å². The average Bonchev–Trinajstić information content (AvgIpc) is 3.29. The van der Waals surface area contributed by atoms with Gasteiger partial charge in [-0.25, -0.2) is 0 Å². The molecule has 116 valence electrons. The molecule has 2 heterocycles. The molecular formula is C15H26N6. The van der Waals surface area contributed by atoms with Crippen LogP contribution < -0.4 is 10.6 Å². The number of fused-ring (bicyclic) bond motifs is 1. The Hall–Kier alpha value is -1.59. The van der Waals surface area contributed by atoms with E-state index in [4.69, 9.17) is 0 Å². The number of aromatic nitrogens is 3. The van der Waals surface area contributed by atoms with Crippen molar-refractivity contribution in [3.63, 3.8) is 0 Å². The van der Waals surface area contributed by atoms with Gasteiger partial charge in [0.25, 0.3) is 0 Å². The van der Waals surface area contributed by atoms with E-state index < -0.39 is 0 Å². The molecule has 6 nitrogen and oxygen atoms in total. The van der Waals surface area contributed by atoms with Crippen LogP contribution in [0.2, 0.25) is 0 Å². The van der Waals surface area contributed by atoms with Gasteiger partial charge in [0.05, 0.1) is 0 Å². The van der Waals surface area contributed by atoms with E-state index in [1.165, 1.54) is 37.9 Å². The lowest BCUT2D eigenvalue weighted by Crippen LogP contribution is -2.39. The normalized spacial score (nSPS) is 19.0. The standard InChI is InChI=1S/C15H26N6/c1-16-15(18-11-12-6-7-12)17-9-8-14-20-19-13-5-3-2-4-10-21(13)14/h12H,2-11H2,1H3,(H2,16,17,18). The summed E-state index contributed by atoms with van der Waals surface area (Å²) in [5.41, 5.74) is 0. The highest BCUT2D eigenvalue weighted by molar-refractivity contribution is 5.79. The SMILES string of the molecule is CN=C(NCCc1nnc2n1CCCCC2)NCC1CC1. The molecule has 1 aliphatic carbocycles. The maximum atomic E-state index is 4.36. The number of nitrogens with zero attached hydrogens (tertiary/aromatic N) is 4. The molecule has 2 N–H and O–H groups in total. The molecule has 1 aromatic heterocycles. The summed E-state index contributed by atoms with van der Waals surface area (Å²) >= 11 is 0. The fourth-order valence-corrected chi connectivity index (χ4v) is 2.81. The smallest absolute Gasteiger partial charge is 0.190 e. The third-order valence-electron chi connectivity index (χ3n) is 4.31. The van der Waals surface area contributed by atoms with Crippen LogP contribution in [-0.4, -0.2) is 40.9 Å². The maximum Gasteiger partial charge on any atom is 0.190 e. The molecule has 0 atom stereocenters. The number of hydrogen-bond acceptors (Lipinski definition) is 3. The van der Waals surface area contributed by atoms with Crippen molar-refractivity contribution in [2.75, 3.05) is 20.1 Å². The largest absolute Gasteiger partial charge is 0.356 e. The van der Waals surface area contributed by atoms with E-state index in [-0.39, 0.29) is 0 Å². The first-order valence-corrected chi connectivity index (χ1v) is 8.22. The van der Waals surface area contributed by atoms with Crippen molar-refractivity contribution in [3.8, 4) is 0 Å². The molecule has 0 aromatic carbocycles. The van der Waals surface area contributed by atoms with Crippen molar-refractivity contribution in [1.82, 2.24) is 25.4 Å². The van der Waals surface area contributed by atoms with Crippen molar-refractivity contribution in [3.05, 3.63) is 11.6 Å². The predicted molar refractivity (Wildman–Crippen MR) is 83.4 cm³/mol. The molecule has 1 saturated carbocycles. The zero-order valence-electron chi connectivity index (χ0n) is 12.9. The zero-order valence-corrected chi connectivity index (χ0v) is 12.9. The van der Waals surface area contributed by atoms with E-state index in [0.29, 0.717) is 0 Å². The van der Waals surface area contributed by atoms with Gasteiger partial charge >= 0.3 is 0 Å². The van der Waals surface area contributed by atoms with Gasteiger partial charge in [0, 0.05) is 39.5 Å². The molecule has 0 radical (unpaired) electrons. The van der Waals surface area contributed by atoms with Gasteiger partial charge in [-0.15, -0.1) is 10.2 Å². The van der Waals surface area contributed by atoms with Gasteiger partial charge in [-0.2, -0.15) is 0 Å². The number of hydrogen-bond donors (Lipinski definition) is 2. The van der Waals surface area contributed by atoms with Gasteiger partial charge in [0.1, 0.15) is 11.6 Å². The van der Waals surface area contributed by atoms with Crippen LogP contribution in [0, 0.1) is 5.92 Å². The molecule has 0 spiro atoms. The summed E-state index contributed by atoms with van der Waals surface area (Å²) in [4.78, 5) is 4.26. The molecule has 21 heavy (non-hydrogen) atoms. The van der Waals surface area contributed by atoms with Crippen LogP contribution >= 0.6 is 0 Å². The zero-order chi connectivity index (χ0) is 14.5. The Balaban J connectivity index is 1.47. The van der Waals surface area contributed by atoms with E-state index >= 15 is 0 Å². The lowest BCUT2D eigenvalue weighted by molar-refractivity contribution is 0.600. The van der Waals surface area contributed by atoms with Gasteiger partial charge < -0.3 is 15.2 Å². The molecular weight excluding hydrogens is 264 g/mol. The first-order chi connectivity index (χ1) is 10.4. The average molecular weight is 290 g/mol. The van der Waals surface area contributed by atoms with E-state index in [9.17, 15) is 0 Å². The molecule has 6 heteroatoms. The van der Waals surface area contributed by atoms with Crippen molar-refractivity contribution >= 4 is 5.96 Å². The Morgan fingerprint density at radius 1 is 1.24 bits per heavy atom. The first kappa shape index (κ1) is 14.4. The molecule has 0 amide bonds. The number of nitrogens with one attached hydrogen (secondary N) is 2. The Kier molecular flexibility index (Phi) is 4.72.